The Morgan fingerprint density at radius 2 is 2.13 bits per heavy atom. The molecule has 3 rings (SSSR count). The van der Waals surface area contributed by atoms with Crippen LogP contribution < -0.4 is 10.1 Å². The van der Waals surface area contributed by atoms with Crippen molar-refractivity contribution in [2.24, 2.45) is 0 Å². The van der Waals surface area contributed by atoms with Gasteiger partial charge < -0.3 is 14.6 Å². The predicted molar refractivity (Wildman–Crippen MR) is 116 cm³/mol. The van der Waals surface area contributed by atoms with Crippen molar-refractivity contribution in [1.82, 2.24) is 20.1 Å². The average Bonchev–Trinajstić information content (AvgIpc) is 3.29. The maximum absolute atomic E-state index is 12.5. The summed E-state index contributed by atoms with van der Waals surface area (Å²) < 4.78 is 30.7. The highest BCUT2D eigenvalue weighted by Crippen LogP contribution is 2.31. The van der Waals surface area contributed by atoms with E-state index in [-0.39, 0.29) is 23.3 Å². The van der Waals surface area contributed by atoms with Crippen molar-refractivity contribution in [2.45, 2.75) is 42.8 Å². The molecule has 0 radical (unpaired) electrons. The third-order valence-electron chi connectivity index (χ3n) is 4.93. The molecular formula is C20H26N4O4S2. The number of amides is 1. The van der Waals surface area contributed by atoms with Crippen LogP contribution in [0.4, 0.5) is 0 Å². The highest BCUT2D eigenvalue weighted by Gasteiger charge is 2.33. The van der Waals surface area contributed by atoms with E-state index in [9.17, 15) is 13.2 Å². The second kappa shape index (κ2) is 9.65. The van der Waals surface area contributed by atoms with E-state index in [0.29, 0.717) is 30.5 Å². The summed E-state index contributed by atoms with van der Waals surface area (Å²) in [6.45, 7) is 6.45. The fraction of sp³-hybridized carbons (Fsp3) is 0.450. The lowest BCUT2D eigenvalue weighted by molar-refractivity contribution is -0.120. The summed E-state index contributed by atoms with van der Waals surface area (Å²) in [6, 6.07) is 7.50. The molecule has 30 heavy (non-hydrogen) atoms. The van der Waals surface area contributed by atoms with Crippen LogP contribution in [-0.2, 0) is 27.7 Å². The number of nitrogens with one attached hydrogen (secondary N) is 1. The Kier molecular flexibility index (Phi) is 7.19. The standard InChI is InChI=1S/C20H26N4O4S2/c1-4-10-24-18(16-9-11-30(26,27)13-16)22-23-20(24)29-14(2)19(25)21-12-15-5-7-17(28-3)8-6-15/h4-8,14,16H,1,9-13H2,2-3H3,(H,21,25)/t14-,16+/m1/s1. The lowest BCUT2D eigenvalue weighted by Gasteiger charge is -2.14. The molecule has 0 unspecified atom stereocenters. The Hall–Kier alpha value is -2.33. The summed E-state index contributed by atoms with van der Waals surface area (Å²) in [4.78, 5) is 12.5. The second-order valence-corrected chi connectivity index (χ2v) is 10.7. The van der Waals surface area contributed by atoms with E-state index in [1.54, 1.807) is 20.1 Å². The fourth-order valence-electron chi connectivity index (χ4n) is 3.28. The molecule has 0 saturated carbocycles. The molecule has 1 aliphatic heterocycles. The number of thioether (sulfide) groups is 1. The normalized spacial score (nSPS) is 18.7. The summed E-state index contributed by atoms with van der Waals surface area (Å²) in [5, 5.41) is 11.6. The number of benzene rings is 1. The Bertz CT molecular complexity index is 1000. The molecule has 10 heteroatoms. The minimum atomic E-state index is -3.03. The summed E-state index contributed by atoms with van der Waals surface area (Å²) in [7, 11) is -1.42. The molecular weight excluding hydrogens is 424 g/mol. The molecule has 0 bridgehead atoms. The van der Waals surface area contributed by atoms with Crippen LogP contribution in [0.1, 0.15) is 30.7 Å². The molecule has 1 saturated heterocycles. The van der Waals surface area contributed by atoms with Gasteiger partial charge in [-0.1, -0.05) is 30.0 Å². The number of carbonyl (C=O) groups excluding carboxylic acids is 1. The van der Waals surface area contributed by atoms with Crippen LogP contribution in [0.25, 0.3) is 0 Å². The Balaban J connectivity index is 1.64. The molecule has 0 spiro atoms. The number of sulfone groups is 1. The number of allylic oxidation sites excluding steroid dienone is 1. The van der Waals surface area contributed by atoms with Crippen molar-refractivity contribution >= 4 is 27.5 Å². The van der Waals surface area contributed by atoms with Crippen LogP contribution in [0.15, 0.2) is 42.1 Å². The number of methoxy groups -OCH3 is 1. The van der Waals surface area contributed by atoms with Gasteiger partial charge in [-0.25, -0.2) is 8.42 Å². The molecule has 2 atom stereocenters. The zero-order valence-electron chi connectivity index (χ0n) is 17.1. The van der Waals surface area contributed by atoms with Gasteiger partial charge in [0, 0.05) is 19.0 Å². The molecule has 162 valence electrons. The molecule has 8 nitrogen and oxygen atoms in total. The van der Waals surface area contributed by atoms with Crippen LogP contribution in [0, 0.1) is 0 Å². The third kappa shape index (κ3) is 5.42. The van der Waals surface area contributed by atoms with Crippen molar-refractivity contribution in [3.8, 4) is 5.75 Å². The first-order valence-electron chi connectivity index (χ1n) is 9.64. The number of ether oxygens (including phenoxy) is 1. The molecule has 1 aromatic heterocycles. The largest absolute Gasteiger partial charge is 0.497 e. The molecule has 1 aliphatic rings. The maximum atomic E-state index is 12.5. The highest BCUT2D eigenvalue weighted by molar-refractivity contribution is 8.00. The molecule has 1 fully saturated rings. The SMILES string of the molecule is C=CCn1c(S[C@H](C)C(=O)NCc2ccc(OC)cc2)nnc1[C@H]1CCS(=O)(=O)C1. The number of aromatic nitrogens is 3. The minimum Gasteiger partial charge on any atom is -0.497 e. The van der Waals surface area contributed by atoms with E-state index < -0.39 is 15.1 Å². The predicted octanol–water partition coefficient (Wildman–Crippen LogP) is 2.17. The smallest absolute Gasteiger partial charge is 0.233 e. The van der Waals surface area contributed by atoms with Gasteiger partial charge in [-0.05, 0) is 31.0 Å². The van der Waals surface area contributed by atoms with E-state index in [0.717, 1.165) is 11.3 Å². The van der Waals surface area contributed by atoms with Crippen LogP contribution >= 0.6 is 11.8 Å². The van der Waals surface area contributed by atoms with Gasteiger partial charge in [-0.3, -0.25) is 4.79 Å². The van der Waals surface area contributed by atoms with Gasteiger partial charge in [-0.15, -0.1) is 16.8 Å². The number of carbonyl (C=O) groups is 1. The lowest BCUT2D eigenvalue weighted by Crippen LogP contribution is -2.30. The van der Waals surface area contributed by atoms with E-state index in [1.807, 2.05) is 28.8 Å². The van der Waals surface area contributed by atoms with E-state index in [2.05, 4.69) is 22.1 Å². The van der Waals surface area contributed by atoms with Gasteiger partial charge in [0.25, 0.3) is 0 Å². The van der Waals surface area contributed by atoms with Crippen molar-refractivity contribution in [2.75, 3.05) is 18.6 Å². The zero-order valence-corrected chi connectivity index (χ0v) is 18.7. The fourth-order valence-corrected chi connectivity index (χ4v) is 5.91. The molecule has 2 heterocycles. The maximum Gasteiger partial charge on any atom is 0.233 e. The third-order valence-corrected chi connectivity index (χ3v) is 7.78. The Labute approximate surface area is 181 Å². The number of nitrogens with zero attached hydrogens (tertiary/aromatic N) is 3. The summed E-state index contributed by atoms with van der Waals surface area (Å²) in [5.41, 5.74) is 0.973. The first-order valence-corrected chi connectivity index (χ1v) is 12.3. The number of hydrogen-bond donors (Lipinski definition) is 1. The van der Waals surface area contributed by atoms with Gasteiger partial charge in [-0.2, -0.15) is 0 Å². The zero-order chi connectivity index (χ0) is 21.7. The molecule has 0 aliphatic carbocycles. The summed E-state index contributed by atoms with van der Waals surface area (Å²) in [6.07, 6.45) is 2.26. The van der Waals surface area contributed by atoms with Gasteiger partial charge in [0.1, 0.15) is 11.6 Å². The van der Waals surface area contributed by atoms with E-state index in [4.69, 9.17) is 4.74 Å². The topological polar surface area (TPSA) is 103 Å². The monoisotopic (exact) mass is 450 g/mol. The van der Waals surface area contributed by atoms with Crippen LogP contribution in [0.2, 0.25) is 0 Å². The van der Waals surface area contributed by atoms with Gasteiger partial charge >= 0.3 is 0 Å². The molecule has 1 amide bonds. The van der Waals surface area contributed by atoms with Crippen LogP contribution in [0.3, 0.4) is 0 Å². The Morgan fingerprint density at radius 3 is 2.73 bits per heavy atom. The van der Waals surface area contributed by atoms with E-state index in [1.165, 1.54) is 11.8 Å². The van der Waals surface area contributed by atoms with Crippen molar-refractivity contribution in [1.29, 1.82) is 0 Å². The lowest BCUT2D eigenvalue weighted by atomic mass is 10.1. The second-order valence-electron chi connectivity index (χ2n) is 7.17. The van der Waals surface area contributed by atoms with E-state index >= 15 is 0 Å². The van der Waals surface area contributed by atoms with Gasteiger partial charge in [0.2, 0.25) is 5.91 Å². The first-order chi connectivity index (χ1) is 14.3. The molecule has 1 aromatic carbocycles. The average molecular weight is 451 g/mol. The number of rotatable bonds is 9. The quantitative estimate of drug-likeness (QED) is 0.461. The summed E-state index contributed by atoms with van der Waals surface area (Å²) in [5.74, 6) is 1.38. The Morgan fingerprint density at radius 1 is 1.40 bits per heavy atom. The van der Waals surface area contributed by atoms with Crippen molar-refractivity contribution in [3.63, 3.8) is 0 Å². The van der Waals surface area contributed by atoms with Crippen LogP contribution in [-0.4, -0.2) is 53.0 Å². The van der Waals surface area contributed by atoms with Crippen LogP contribution in [0.5, 0.6) is 5.75 Å². The van der Waals surface area contributed by atoms with Crippen molar-refractivity contribution < 1.29 is 17.9 Å². The first kappa shape index (κ1) is 22.4. The van der Waals surface area contributed by atoms with Gasteiger partial charge in [0.15, 0.2) is 15.0 Å². The molecule has 1 N–H and O–H groups in total. The summed E-state index contributed by atoms with van der Waals surface area (Å²) >= 11 is 1.30. The van der Waals surface area contributed by atoms with Gasteiger partial charge in [0.05, 0.1) is 23.9 Å². The minimum absolute atomic E-state index is 0.0881. The highest BCUT2D eigenvalue weighted by atomic mass is 32.2. The van der Waals surface area contributed by atoms with Crippen molar-refractivity contribution in [3.05, 3.63) is 48.3 Å². The number of hydrogen-bond acceptors (Lipinski definition) is 7. The molecule has 2 aromatic rings.